The second-order valence-corrected chi connectivity index (χ2v) is 11.3. The first-order valence-electron chi connectivity index (χ1n) is 11.0. The van der Waals surface area contributed by atoms with Crippen molar-refractivity contribution >= 4 is 38.4 Å². The molecule has 174 valence electrons. The maximum absolute atomic E-state index is 12.9. The van der Waals surface area contributed by atoms with Crippen LogP contribution >= 0.6 is 11.3 Å². The predicted octanol–water partition coefficient (Wildman–Crippen LogP) is 4.74. The predicted molar refractivity (Wildman–Crippen MR) is 137 cm³/mol. The van der Waals surface area contributed by atoms with Crippen LogP contribution in [0, 0.1) is 5.92 Å². The number of hydrazone groups is 1. The summed E-state index contributed by atoms with van der Waals surface area (Å²) in [6.07, 6.45) is 3.58. The Labute approximate surface area is 199 Å². The summed E-state index contributed by atoms with van der Waals surface area (Å²) in [6.45, 7) is 3.35. The summed E-state index contributed by atoms with van der Waals surface area (Å²) < 4.78 is 27.4. The van der Waals surface area contributed by atoms with Gasteiger partial charge in [-0.3, -0.25) is 5.43 Å². The second kappa shape index (κ2) is 10.0. The SMILES string of the molecule is CC1CCN(S(=O)(=O)c2ccc(-c3csc(N/N=C/c4ccc(N(C)C)cc4)n3)cc2)CC1. The lowest BCUT2D eigenvalue weighted by Crippen LogP contribution is -2.37. The molecule has 0 spiro atoms. The van der Waals surface area contributed by atoms with Crippen LogP contribution in [0.25, 0.3) is 11.3 Å². The summed E-state index contributed by atoms with van der Waals surface area (Å²) in [4.78, 5) is 6.95. The zero-order valence-corrected chi connectivity index (χ0v) is 20.7. The van der Waals surface area contributed by atoms with Crippen LogP contribution in [0.15, 0.2) is 63.9 Å². The first kappa shape index (κ1) is 23.4. The molecule has 9 heteroatoms. The zero-order chi connectivity index (χ0) is 23.4. The van der Waals surface area contributed by atoms with Crippen molar-refractivity contribution in [2.24, 2.45) is 11.0 Å². The number of nitrogens with zero attached hydrogens (tertiary/aromatic N) is 4. The Balaban J connectivity index is 1.39. The van der Waals surface area contributed by atoms with Crippen LogP contribution in [-0.2, 0) is 10.0 Å². The van der Waals surface area contributed by atoms with E-state index in [0.717, 1.165) is 35.3 Å². The van der Waals surface area contributed by atoms with Crippen molar-refractivity contribution < 1.29 is 8.42 Å². The number of thiazole rings is 1. The molecule has 1 aromatic heterocycles. The summed E-state index contributed by atoms with van der Waals surface area (Å²) in [5.74, 6) is 0.583. The van der Waals surface area contributed by atoms with Crippen LogP contribution in [0.5, 0.6) is 0 Å². The molecule has 2 heterocycles. The number of rotatable bonds is 7. The van der Waals surface area contributed by atoms with Crippen molar-refractivity contribution in [2.75, 3.05) is 37.5 Å². The monoisotopic (exact) mass is 483 g/mol. The maximum Gasteiger partial charge on any atom is 0.243 e. The molecule has 3 aromatic rings. The molecule has 1 N–H and O–H groups in total. The van der Waals surface area contributed by atoms with E-state index in [1.807, 2.05) is 60.8 Å². The lowest BCUT2D eigenvalue weighted by molar-refractivity contribution is 0.288. The van der Waals surface area contributed by atoms with Crippen molar-refractivity contribution in [3.05, 3.63) is 59.5 Å². The highest BCUT2D eigenvalue weighted by molar-refractivity contribution is 7.89. The van der Waals surface area contributed by atoms with E-state index in [2.05, 4.69) is 22.4 Å². The van der Waals surface area contributed by atoms with Crippen LogP contribution in [0.2, 0.25) is 0 Å². The van der Waals surface area contributed by atoms with Gasteiger partial charge in [-0.15, -0.1) is 11.3 Å². The molecular weight excluding hydrogens is 454 g/mol. The zero-order valence-electron chi connectivity index (χ0n) is 19.1. The normalized spacial score (nSPS) is 15.7. The Morgan fingerprint density at radius 2 is 1.76 bits per heavy atom. The minimum absolute atomic E-state index is 0.333. The van der Waals surface area contributed by atoms with Crippen LogP contribution in [0.1, 0.15) is 25.3 Å². The summed E-state index contributed by atoms with van der Waals surface area (Å²) in [6, 6.07) is 15.1. The van der Waals surface area contributed by atoms with Crippen molar-refractivity contribution in [3.8, 4) is 11.3 Å². The molecule has 0 saturated carbocycles. The van der Waals surface area contributed by atoms with Gasteiger partial charge in [-0.05, 0) is 48.6 Å². The van der Waals surface area contributed by atoms with Crippen molar-refractivity contribution in [1.29, 1.82) is 0 Å². The molecule has 0 unspecified atom stereocenters. The average molecular weight is 484 g/mol. The fourth-order valence-corrected chi connectivity index (χ4v) is 5.79. The van der Waals surface area contributed by atoms with E-state index >= 15 is 0 Å². The summed E-state index contributed by atoms with van der Waals surface area (Å²) in [7, 11) is 0.569. The van der Waals surface area contributed by atoms with Crippen LogP contribution in [0.4, 0.5) is 10.8 Å². The first-order chi connectivity index (χ1) is 15.8. The highest BCUT2D eigenvalue weighted by Gasteiger charge is 2.27. The third-order valence-electron chi connectivity index (χ3n) is 5.82. The number of hydrogen-bond acceptors (Lipinski definition) is 7. The quantitative estimate of drug-likeness (QED) is 0.388. The summed E-state index contributed by atoms with van der Waals surface area (Å²) in [5.41, 5.74) is 6.74. The van der Waals surface area contributed by atoms with Crippen molar-refractivity contribution in [2.45, 2.75) is 24.7 Å². The van der Waals surface area contributed by atoms with Gasteiger partial charge in [0.1, 0.15) is 0 Å². The highest BCUT2D eigenvalue weighted by atomic mass is 32.2. The number of sulfonamides is 1. The number of nitrogens with one attached hydrogen (secondary N) is 1. The Kier molecular flexibility index (Phi) is 7.11. The standard InChI is InChI=1S/C24H29N5O2S2/c1-18-12-14-29(15-13-18)33(30,31)22-10-6-20(7-11-22)23-17-32-24(26-23)27-25-16-19-4-8-21(9-5-19)28(2)3/h4-11,16-18H,12-15H2,1-3H3,(H,26,27)/b25-16+. The molecule has 1 aliphatic heterocycles. The van der Waals surface area contributed by atoms with Crippen molar-refractivity contribution in [1.82, 2.24) is 9.29 Å². The Morgan fingerprint density at radius 1 is 1.09 bits per heavy atom. The fraction of sp³-hybridized carbons (Fsp3) is 0.333. The number of aromatic nitrogens is 1. The first-order valence-corrected chi connectivity index (χ1v) is 13.3. The molecule has 0 radical (unpaired) electrons. The van der Waals surface area contributed by atoms with Gasteiger partial charge in [0.15, 0.2) is 0 Å². The third kappa shape index (κ3) is 5.61. The van der Waals surface area contributed by atoms with E-state index < -0.39 is 10.0 Å². The van der Waals surface area contributed by atoms with E-state index in [0.29, 0.717) is 29.0 Å². The number of anilines is 2. The lowest BCUT2D eigenvalue weighted by Gasteiger charge is -2.29. The molecular formula is C24H29N5O2S2. The van der Waals surface area contributed by atoms with E-state index in [4.69, 9.17) is 0 Å². The van der Waals surface area contributed by atoms with Gasteiger partial charge < -0.3 is 4.90 Å². The van der Waals surface area contributed by atoms with Crippen LogP contribution in [-0.4, -0.2) is 51.1 Å². The topological polar surface area (TPSA) is 77.9 Å². The van der Waals surface area contributed by atoms with Gasteiger partial charge in [-0.25, -0.2) is 13.4 Å². The molecule has 2 aromatic carbocycles. The summed E-state index contributed by atoms with van der Waals surface area (Å²) >= 11 is 1.45. The molecule has 1 fully saturated rings. The molecule has 1 aliphatic rings. The van der Waals surface area contributed by atoms with E-state index in [1.54, 1.807) is 22.7 Å². The van der Waals surface area contributed by atoms with Gasteiger partial charge in [-0.1, -0.05) is 31.2 Å². The Hall–Kier alpha value is -2.75. The molecule has 1 saturated heterocycles. The van der Waals surface area contributed by atoms with Crippen molar-refractivity contribution in [3.63, 3.8) is 0 Å². The fourth-order valence-electron chi connectivity index (χ4n) is 3.65. The van der Waals surface area contributed by atoms with E-state index in [-0.39, 0.29) is 0 Å². The van der Waals surface area contributed by atoms with Crippen LogP contribution < -0.4 is 10.3 Å². The molecule has 0 aliphatic carbocycles. The highest BCUT2D eigenvalue weighted by Crippen LogP contribution is 2.28. The Morgan fingerprint density at radius 3 is 2.39 bits per heavy atom. The summed E-state index contributed by atoms with van der Waals surface area (Å²) in [5, 5.41) is 6.87. The molecule has 33 heavy (non-hydrogen) atoms. The number of benzene rings is 2. The molecule has 0 bridgehead atoms. The second-order valence-electron chi connectivity index (χ2n) is 8.50. The minimum Gasteiger partial charge on any atom is -0.378 e. The Bertz CT molecular complexity index is 1190. The largest absolute Gasteiger partial charge is 0.378 e. The molecule has 7 nitrogen and oxygen atoms in total. The van der Waals surface area contributed by atoms with Gasteiger partial charge in [0.2, 0.25) is 15.2 Å². The minimum atomic E-state index is -3.44. The van der Waals surface area contributed by atoms with Gasteiger partial charge in [0, 0.05) is 43.8 Å². The molecule has 0 atom stereocenters. The van der Waals surface area contributed by atoms with Gasteiger partial charge in [0.05, 0.1) is 16.8 Å². The van der Waals surface area contributed by atoms with Gasteiger partial charge in [-0.2, -0.15) is 9.41 Å². The smallest absolute Gasteiger partial charge is 0.243 e. The lowest BCUT2D eigenvalue weighted by atomic mass is 10.0. The number of piperidine rings is 1. The molecule has 0 amide bonds. The van der Waals surface area contributed by atoms with Crippen LogP contribution in [0.3, 0.4) is 0 Å². The average Bonchev–Trinajstić information content (AvgIpc) is 3.29. The van der Waals surface area contributed by atoms with E-state index in [9.17, 15) is 8.42 Å². The molecule has 4 rings (SSSR count). The van der Waals surface area contributed by atoms with Gasteiger partial charge in [0.25, 0.3) is 0 Å². The third-order valence-corrected chi connectivity index (χ3v) is 8.48. The maximum atomic E-state index is 12.9. The van der Waals surface area contributed by atoms with Gasteiger partial charge >= 0.3 is 0 Å². The van der Waals surface area contributed by atoms with E-state index in [1.165, 1.54) is 11.3 Å². The number of hydrogen-bond donors (Lipinski definition) is 1.